The fourth-order valence-corrected chi connectivity index (χ4v) is 2.80. The van der Waals surface area contributed by atoms with Crippen LogP contribution in [0.3, 0.4) is 0 Å². The molecule has 2 aromatic carbocycles. The lowest BCUT2D eigenvalue weighted by Gasteiger charge is -2.28. The molecule has 0 aliphatic carbocycles. The van der Waals surface area contributed by atoms with E-state index in [0.717, 1.165) is 16.3 Å². The van der Waals surface area contributed by atoms with Gasteiger partial charge in [-0.1, -0.05) is 18.2 Å². The van der Waals surface area contributed by atoms with Gasteiger partial charge < -0.3 is 4.90 Å². The molecule has 21 heavy (non-hydrogen) atoms. The van der Waals surface area contributed by atoms with Crippen molar-refractivity contribution in [1.29, 1.82) is 0 Å². The fourth-order valence-electron chi connectivity index (χ4n) is 2.80. The van der Waals surface area contributed by atoms with E-state index in [2.05, 4.69) is 0 Å². The Morgan fingerprint density at radius 3 is 2.33 bits per heavy atom. The average Bonchev–Trinajstić information content (AvgIpc) is 2.45. The Labute approximate surface area is 124 Å². The molecule has 0 atom stereocenters. The molecule has 0 unspecified atom stereocenters. The number of hydrogen-bond donors (Lipinski definition) is 0. The molecule has 0 saturated heterocycles. The van der Waals surface area contributed by atoms with Crippen molar-refractivity contribution in [2.24, 2.45) is 0 Å². The van der Waals surface area contributed by atoms with Gasteiger partial charge in [0, 0.05) is 29.6 Å². The second kappa shape index (κ2) is 4.97. The molecule has 0 spiro atoms. The molecule has 4 nitrogen and oxygen atoms in total. The second-order valence-corrected chi connectivity index (χ2v) is 5.72. The molecule has 0 N–H and O–H groups in total. The number of imide groups is 1. The molecular weight excluding hydrogens is 264 g/mol. The third kappa shape index (κ3) is 2.12. The van der Waals surface area contributed by atoms with Crippen molar-refractivity contribution in [2.75, 3.05) is 27.2 Å². The van der Waals surface area contributed by atoms with Crippen LogP contribution in [0.2, 0.25) is 0 Å². The third-order valence-corrected chi connectivity index (χ3v) is 3.98. The monoisotopic (exact) mass is 282 g/mol. The van der Waals surface area contributed by atoms with Crippen molar-refractivity contribution in [3.63, 3.8) is 0 Å². The molecule has 1 heterocycles. The molecule has 4 heteroatoms. The summed E-state index contributed by atoms with van der Waals surface area (Å²) in [5.41, 5.74) is 2.34. The van der Waals surface area contributed by atoms with Gasteiger partial charge in [0.05, 0.1) is 0 Å². The number of carbonyl (C=O) groups is 2. The van der Waals surface area contributed by atoms with E-state index in [9.17, 15) is 9.59 Å². The zero-order valence-corrected chi connectivity index (χ0v) is 12.5. The Kier molecular flexibility index (Phi) is 3.26. The molecule has 108 valence electrons. The molecule has 0 bridgehead atoms. The van der Waals surface area contributed by atoms with Crippen molar-refractivity contribution >= 4 is 22.6 Å². The lowest BCUT2D eigenvalue weighted by molar-refractivity contribution is 0.0601. The summed E-state index contributed by atoms with van der Waals surface area (Å²) in [7, 11) is 3.86. The van der Waals surface area contributed by atoms with Crippen LogP contribution < -0.4 is 0 Å². The van der Waals surface area contributed by atoms with Crippen LogP contribution in [-0.2, 0) is 0 Å². The van der Waals surface area contributed by atoms with Gasteiger partial charge >= 0.3 is 0 Å². The van der Waals surface area contributed by atoms with Crippen LogP contribution in [0.4, 0.5) is 0 Å². The molecule has 0 radical (unpaired) electrons. The van der Waals surface area contributed by atoms with Crippen LogP contribution in [-0.4, -0.2) is 48.8 Å². The SMILES string of the molecule is Cc1ccc2c3c(cccc13)C(=O)N(CCN(C)C)C2=O. The number of nitrogens with zero attached hydrogens (tertiary/aromatic N) is 2. The summed E-state index contributed by atoms with van der Waals surface area (Å²) in [4.78, 5) is 28.6. The molecule has 2 amide bonds. The van der Waals surface area contributed by atoms with Crippen molar-refractivity contribution in [3.05, 3.63) is 47.0 Å². The summed E-state index contributed by atoms with van der Waals surface area (Å²) in [6.45, 7) is 3.07. The molecule has 2 aromatic rings. The Morgan fingerprint density at radius 2 is 1.67 bits per heavy atom. The zero-order valence-electron chi connectivity index (χ0n) is 12.5. The van der Waals surface area contributed by atoms with Crippen LogP contribution in [0.5, 0.6) is 0 Å². The van der Waals surface area contributed by atoms with E-state index in [1.165, 1.54) is 4.90 Å². The third-order valence-electron chi connectivity index (χ3n) is 3.98. The van der Waals surface area contributed by atoms with E-state index in [-0.39, 0.29) is 11.8 Å². The molecule has 3 rings (SSSR count). The number of amides is 2. The second-order valence-electron chi connectivity index (χ2n) is 5.72. The molecule has 1 aliphatic rings. The lowest BCUT2D eigenvalue weighted by Crippen LogP contribution is -2.43. The maximum Gasteiger partial charge on any atom is 0.261 e. The highest BCUT2D eigenvalue weighted by atomic mass is 16.2. The first-order chi connectivity index (χ1) is 10.0. The quantitative estimate of drug-likeness (QED) is 0.811. The van der Waals surface area contributed by atoms with Gasteiger partial charge in [0.1, 0.15) is 0 Å². The minimum absolute atomic E-state index is 0.189. The van der Waals surface area contributed by atoms with Crippen molar-refractivity contribution in [1.82, 2.24) is 9.80 Å². The highest BCUT2D eigenvalue weighted by molar-refractivity contribution is 6.25. The van der Waals surface area contributed by atoms with Crippen molar-refractivity contribution in [2.45, 2.75) is 6.92 Å². The minimum Gasteiger partial charge on any atom is -0.308 e. The first kappa shape index (κ1) is 13.8. The molecule has 0 saturated carbocycles. The maximum absolute atomic E-state index is 12.6. The number of benzene rings is 2. The Balaban J connectivity index is 2.15. The van der Waals surface area contributed by atoms with Gasteiger partial charge in [0.2, 0.25) is 0 Å². The highest BCUT2D eigenvalue weighted by Gasteiger charge is 2.32. The first-order valence-electron chi connectivity index (χ1n) is 7.04. The standard InChI is InChI=1S/C17H18N2O2/c1-11-7-8-14-15-12(11)5-4-6-13(15)16(20)19(17(14)21)10-9-18(2)3/h4-8H,9-10H2,1-3H3. The average molecular weight is 282 g/mol. The van der Waals surface area contributed by atoms with E-state index < -0.39 is 0 Å². The maximum atomic E-state index is 12.6. The van der Waals surface area contributed by atoms with Crippen LogP contribution in [0.1, 0.15) is 26.3 Å². The van der Waals surface area contributed by atoms with E-state index in [1.54, 1.807) is 0 Å². The largest absolute Gasteiger partial charge is 0.308 e. The van der Waals surface area contributed by atoms with E-state index in [1.807, 2.05) is 56.3 Å². The van der Waals surface area contributed by atoms with Crippen molar-refractivity contribution < 1.29 is 9.59 Å². The Bertz CT molecular complexity index is 728. The fraction of sp³-hybridized carbons (Fsp3) is 0.294. The lowest BCUT2D eigenvalue weighted by atomic mass is 9.92. The minimum atomic E-state index is -0.189. The Morgan fingerprint density at radius 1 is 1.00 bits per heavy atom. The van der Waals surface area contributed by atoms with Crippen LogP contribution in [0.15, 0.2) is 30.3 Å². The summed E-state index contributed by atoms with van der Waals surface area (Å²) in [6, 6.07) is 9.43. The number of hydrogen-bond acceptors (Lipinski definition) is 3. The van der Waals surface area contributed by atoms with Crippen LogP contribution >= 0.6 is 0 Å². The van der Waals surface area contributed by atoms with Crippen LogP contribution in [0, 0.1) is 6.92 Å². The van der Waals surface area contributed by atoms with E-state index in [0.29, 0.717) is 24.2 Å². The normalized spacial score (nSPS) is 14.4. The predicted molar refractivity (Wildman–Crippen MR) is 82.6 cm³/mol. The van der Waals surface area contributed by atoms with Gasteiger partial charge in [-0.2, -0.15) is 0 Å². The predicted octanol–water partition coefficient (Wildman–Crippen LogP) is 2.31. The summed E-state index contributed by atoms with van der Waals surface area (Å²) >= 11 is 0. The van der Waals surface area contributed by atoms with Gasteiger partial charge in [0.25, 0.3) is 11.8 Å². The number of aryl methyl sites for hydroxylation is 1. The summed E-state index contributed by atoms with van der Waals surface area (Å²) < 4.78 is 0. The zero-order chi connectivity index (χ0) is 15.1. The van der Waals surface area contributed by atoms with Gasteiger partial charge in [-0.25, -0.2) is 0 Å². The van der Waals surface area contributed by atoms with Crippen LogP contribution in [0.25, 0.3) is 10.8 Å². The van der Waals surface area contributed by atoms with Gasteiger partial charge in [-0.05, 0) is 44.1 Å². The summed E-state index contributed by atoms with van der Waals surface area (Å²) in [5.74, 6) is -0.379. The van der Waals surface area contributed by atoms with Gasteiger partial charge in [0.15, 0.2) is 0 Å². The molecular formula is C17H18N2O2. The molecule has 0 aromatic heterocycles. The summed E-state index contributed by atoms with van der Waals surface area (Å²) in [6.07, 6.45) is 0. The van der Waals surface area contributed by atoms with E-state index in [4.69, 9.17) is 0 Å². The smallest absolute Gasteiger partial charge is 0.261 e. The summed E-state index contributed by atoms with van der Waals surface area (Å²) in [5, 5.41) is 1.78. The van der Waals surface area contributed by atoms with Crippen molar-refractivity contribution in [3.8, 4) is 0 Å². The van der Waals surface area contributed by atoms with E-state index >= 15 is 0 Å². The molecule has 1 aliphatic heterocycles. The van der Waals surface area contributed by atoms with Gasteiger partial charge in [-0.15, -0.1) is 0 Å². The Hall–Kier alpha value is -2.20. The number of likely N-dealkylation sites (N-methyl/N-ethyl adjacent to an activating group) is 1. The highest BCUT2D eigenvalue weighted by Crippen LogP contribution is 2.31. The first-order valence-corrected chi connectivity index (χ1v) is 7.04. The topological polar surface area (TPSA) is 40.6 Å². The van der Waals surface area contributed by atoms with Gasteiger partial charge in [-0.3, -0.25) is 14.5 Å². The number of carbonyl (C=O) groups excluding carboxylic acids is 2. The molecule has 0 fully saturated rings. The number of rotatable bonds is 3.